The van der Waals surface area contributed by atoms with Crippen molar-refractivity contribution >= 4 is 11.7 Å². The summed E-state index contributed by atoms with van der Waals surface area (Å²) in [6.45, 7) is 9.61. The first kappa shape index (κ1) is 20.6. The first-order valence-corrected chi connectivity index (χ1v) is 10.4. The van der Waals surface area contributed by atoms with Gasteiger partial charge < -0.3 is 19.7 Å². The van der Waals surface area contributed by atoms with Gasteiger partial charge in [-0.05, 0) is 56.0 Å². The van der Waals surface area contributed by atoms with Crippen molar-refractivity contribution in [1.82, 2.24) is 10.2 Å². The Balaban J connectivity index is 1.36. The molecule has 154 valence electrons. The van der Waals surface area contributed by atoms with Crippen molar-refractivity contribution in [2.75, 3.05) is 39.4 Å². The number of amides is 1. The van der Waals surface area contributed by atoms with Gasteiger partial charge in [0.25, 0.3) is 0 Å². The number of hydrogen-bond donors (Lipinski definition) is 1. The van der Waals surface area contributed by atoms with Gasteiger partial charge in [-0.2, -0.15) is 0 Å². The molecule has 0 bridgehead atoms. The molecule has 0 unspecified atom stereocenters. The topological polar surface area (TPSA) is 67.9 Å². The van der Waals surface area contributed by atoms with E-state index in [1.54, 1.807) is 18.2 Å². The molecule has 1 N–H and O–H groups in total. The van der Waals surface area contributed by atoms with Gasteiger partial charge in [0.2, 0.25) is 5.91 Å². The molecule has 2 heterocycles. The fraction of sp³-hybridized carbons (Fsp3) is 0.636. The molecule has 0 radical (unpaired) electrons. The van der Waals surface area contributed by atoms with Crippen LogP contribution in [0.3, 0.4) is 0 Å². The summed E-state index contributed by atoms with van der Waals surface area (Å²) in [6.07, 6.45) is 2.68. The number of fused-ring (bicyclic) bond motifs is 1. The van der Waals surface area contributed by atoms with Crippen molar-refractivity contribution in [3.8, 4) is 11.5 Å². The van der Waals surface area contributed by atoms with E-state index in [0.717, 1.165) is 32.5 Å². The predicted molar refractivity (Wildman–Crippen MR) is 108 cm³/mol. The Labute approximate surface area is 167 Å². The third-order valence-corrected chi connectivity index (χ3v) is 5.36. The Hall–Kier alpha value is -2.08. The van der Waals surface area contributed by atoms with Crippen molar-refractivity contribution in [3.05, 3.63) is 23.8 Å². The van der Waals surface area contributed by atoms with E-state index in [9.17, 15) is 9.59 Å². The molecule has 1 aromatic rings. The van der Waals surface area contributed by atoms with Crippen LogP contribution in [0.1, 0.15) is 49.9 Å². The molecule has 6 heteroatoms. The molecule has 6 nitrogen and oxygen atoms in total. The molecule has 0 aliphatic carbocycles. The van der Waals surface area contributed by atoms with E-state index in [1.807, 2.05) is 0 Å². The van der Waals surface area contributed by atoms with Gasteiger partial charge in [0.05, 0.1) is 0 Å². The fourth-order valence-electron chi connectivity index (χ4n) is 3.82. The van der Waals surface area contributed by atoms with Gasteiger partial charge in [0.1, 0.15) is 13.2 Å². The molecule has 1 aromatic carbocycles. The van der Waals surface area contributed by atoms with E-state index in [-0.39, 0.29) is 24.5 Å². The largest absolute Gasteiger partial charge is 0.486 e. The van der Waals surface area contributed by atoms with Gasteiger partial charge >= 0.3 is 0 Å². The standard InChI is InChI=1S/C22H32N2O4/c1-16(2)15-24-9-7-17(8-10-24)14-23-22(26)6-4-19(25)18-3-5-20-21(13-18)28-12-11-27-20/h3,5,13,16-17H,4,6-12,14-15H2,1-2H3,(H,23,26). The second kappa shape index (κ2) is 9.92. The van der Waals surface area contributed by atoms with E-state index in [4.69, 9.17) is 9.47 Å². The van der Waals surface area contributed by atoms with Gasteiger partial charge in [-0.25, -0.2) is 0 Å². The number of benzene rings is 1. The fourth-order valence-corrected chi connectivity index (χ4v) is 3.82. The van der Waals surface area contributed by atoms with Crippen molar-refractivity contribution in [1.29, 1.82) is 0 Å². The Bertz CT molecular complexity index is 681. The van der Waals surface area contributed by atoms with Crippen LogP contribution >= 0.6 is 0 Å². The quantitative estimate of drug-likeness (QED) is 0.694. The van der Waals surface area contributed by atoms with E-state index in [1.165, 1.54) is 0 Å². The summed E-state index contributed by atoms with van der Waals surface area (Å²) in [4.78, 5) is 27.0. The smallest absolute Gasteiger partial charge is 0.220 e. The molecule has 2 aliphatic rings. The van der Waals surface area contributed by atoms with Gasteiger partial charge in [0.15, 0.2) is 17.3 Å². The van der Waals surface area contributed by atoms with Crippen LogP contribution in [0.25, 0.3) is 0 Å². The van der Waals surface area contributed by atoms with Gasteiger partial charge in [-0.15, -0.1) is 0 Å². The van der Waals surface area contributed by atoms with Crippen LogP contribution < -0.4 is 14.8 Å². The molecule has 28 heavy (non-hydrogen) atoms. The second-order valence-corrected chi connectivity index (χ2v) is 8.22. The van der Waals surface area contributed by atoms with Crippen LogP contribution in [0.4, 0.5) is 0 Å². The normalized spacial score (nSPS) is 17.5. The highest BCUT2D eigenvalue weighted by Gasteiger charge is 2.20. The molecule has 1 amide bonds. The maximum atomic E-state index is 12.4. The summed E-state index contributed by atoms with van der Waals surface area (Å²) < 4.78 is 11.0. The molecular weight excluding hydrogens is 356 g/mol. The third-order valence-electron chi connectivity index (χ3n) is 5.36. The summed E-state index contributed by atoms with van der Waals surface area (Å²) in [6, 6.07) is 5.20. The number of nitrogens with one attached hydrogen (secondary N) is 1. The number of ether oxygens (including phenoxy) is 2. The van der Waals surface area contributed by atoms with Crippen LogP contribution in [-0.2, 0) is 4.79 Å². The lowest BCUT2D eigenvalue weighted by Crippen LogP contribution is -2.40. The number of piperidine rings is 1. The molecule has 3 rings (SSSR count). The SMILES string of the molecule is CC(C)CN1CCC(CNC(=O)CCC(=O)c2ccc3c(c2)OCCO3)CC1. The zero-order chi connectivity index (χ0) is 19.9. The highest BCUT2D eigenvalue weighted by molar-refractivity contribution is 5.98. The van der Waals surface area contributed by atoms with Gasteiger partial charge in [-0.1, -0.05) is 13.8 Å². The molecule has 0 saturated carbocycles. The lowest BCUT2D eigenvalue weighted by atomic mass is 9.96. The zero-order valence-corrected chi connectivity index (χ0v) is 17.0. The average Bonchev–Trinajstić information content (AvgIpc) is 2.70. The first-order chi connectivity index (χ1) is 13.5. The zero-order valence-electron chi connectivity index (χ0n) is 17.0. The highest BCUT2D eigenvalue weighted by Crippen LogP contribution is 2.31. The number of Topliss-reactive ketones (excluding diaryl/α,β-unsaturated/α-hetero) is 1. The summed E-state index contributed by atoms with van der Waals surface area (Å²) in [7, 11) is 0. The number of likely N-dealkylation sites (tertiary alicyclic amines) is 1. The molecule has 0 atom stereocenters. The lowest BCUT2D eigenvalue weighted by molar-refractivity contribution is -0.121. The monoisotopic (exact) mass is 388 g/mol. The van der Waals surface area contributed by atoms with Crippen LogP contribution in [0.2, 0.25) is 0 Å². The van der Waals surface area contributed by atoms with Crippen LogP contribution in [0.5, 0.6) is 11.5 Å². The lowest BCUT2D eigenvalue weighted by Gasteiger charge is -2.33. The number of carbonyl (C=O) groups is 2. The highest BCUT2D eigenvalue weighted by atomic mass is 16.6. The summed E-state index contributed by atoms with van der Waals surface area (Å²) in [5.74, 6) is 2.42. The molecule has 2 aliphatic heterocycles. The Morgan fingerprint density at radius 1 is 1.11 bits per heavy atom. The first-order valence-electron chi connectivity index (χ1n) is 10.4. The molecule has 0 aromatic heterocycles. The Kier molecular flexibility index (Phi) is 7.31. The van der Waals surface area contributed by atoms with Crippen LogP contribution in [0, 0.1) is 11.8 Å². The van der Waals surface area contributed by atoms with Crippen molar-refractivity contribution < 1.29 is 19.1 Å². The van der Waals surface area contributed by atoms with Gasteiger partial charge in [-0.3, -0.25) is 9.59 Å². The predicted octanol–water partition coefficient (Wildman–Crippen LogP) is 2.90. The number of rotatable bonds is 8. The van der Waals surface area contributed by atoms with E-state index < -0.39 is 0 Å². The Morgan fingerprint density at radius 2 is 1.82 bits per heavy atom. The molecule has 1 saturated heterocycles. The number of hydrogen-bond acceptors (Lipinski definition) is 5. The average molecular weight is 389 g/mol. The third kappa shape index (κ3) is 5.96. The summed E-state index contributed by atoms with van der Waals surface area (Å²) in [5.41, 5.74) is 0.564. The molecule has 1 fully saturated rings. The van der Waals surface area contributed by atoms with E-state index >= 15 is 0 Å². The number of ketones is 1. The minimum Gasteiger partial charge on any atom is -0.486 e. The van der Waals surface area contributed by atoms with Crippen LogP contribution in [-0.4, -0.2) is 56.0 Å². The van der Waals surface area contributed by atoms with Gasteiger partial charge in [0, 0.05) is 31.5 Å². The molecular formula is C22H32N2O4. The van der Waals surface area contributed by atoms with Crippen molar-refractivity contribution in [2.45, 2.75) is 39.5 Å². The van der Waals surface area contributed by atoms with Crippen molar-refractivity contribution in [2.24, 2.45) is 11.8 Å². The second-order valence-electron chi connectivity index (χ2n) is 8.22. The number of carbonyl (C=O) groups excluding carboxylic acids is 2. The van der Waals surface area contributed by atoms with Crippen LogP contribution in [0.15, 0.2) is 18.2 Å². The minimum atomic E-state index is -0.0471. The van der Waals surface area contributed by atoms with E-state index in [2.05, 4.69) is 24.1 Å². The summed E-state index contributed by atoms with van der Waals surface area (Å²) in [5, 5.41) is 3.01. The van der Waals surface area contributed by atoms with Crippen molar-refractivity contribution in [3.63, 3.8) is 0 Å². The number of nitrogens with zero attached hydrogens (tertiary/aromatic N) is 1. The van der Waals surface area contributed by atoms with E-state index in [0.29, 0.717) is 48.7 Å². The molecule has 0 spiro atoms. The summed E-state index contributed by atoms with van der Waals surface area (Å²) >= 11 is 0. The maximum absolute atomic E-state index is 12.4. The minimum absolute atomic E-state index is 0.0458. The Morgan fingerprint density at radius 3 is 2.54 bits per heavy atom. The maximum Gasteiger partial charge on any atom is 0.220 e.